The van der Waals surface area contributed by atoms with Crippen LogP contribution in [0.25, 0.3) is 0 Å². The van der Waals surface area contributed by atoms with Gasteiger partial charge in [-0.15, -0.1) is 0 Å². The van der Waals surface area contributed by atoms with Crippen LogP contribution in [0.15, 0.2) is 46.1 Å². The van der Waals surface area contributed by atoms with Crippen molar-refractivity contribution in [1.29, 1.82) is 0 Å². The van der Waals surface area contributed by atoms with Crippen LogP contribution in [-0.2, 0) is 12.1 Å². The van der Waals surface area contributed by atoms with Crippen molar-refractivity contribution in [3.05, 3.63) is 52.2 Å². The molecule has 0 bridgehead atoms. The summed E-state index contributed by atoms with van der Waals surface area (Å²) in [5.41, 5.74) is 1.07. The summed E-state index contributed by atoms with van der Waals surface area (Å²) < 4.78 is 5.84. The fourth-order valence-corrected chi connectivity index (χ4v) is 3.75. The van der Waals surface area contributed by atoms with Gasteiger partial charge in [-0.1, -0.05) is 26.0 Å². The van der Waals surface area contributed by atoms with Gasteiger partial charge in [-0.05, 0) is 67.0 Å². The molecular weight excluding hydrogens is 396 g/mol. The minimum absolute atomic E-state index is 0.384. The van der Waals surface area contributed by atoms with Gasteiger partial charge in [-0.2, -0.15) is 11.3 Å². The van der Waals surface area contributed by atoms with Crippen LogP contribution in [-0.4, -0.2) is 55.3 Å². The molecule has 7 heteroatoms. The average molecular weight is 433 g/mol. The van der Waals surface area contributed by atoms with E-state index in [-0.39, 0.29) is 0 Å². The molecule has 2 rings (SSSR count). The van der Waals surface area contributed by atoms with Crippen molar-refractivity contribution in [3.8, 4) is 5.75 Å². The van der Waals surface area contributed by atoms with Crippen LogP contribution < -0.4 is 15.4 Å². The molecule has 0 spiro atoms. The van der Waals surface area contributed by atoms with Gasteiger partial charge in [0, 0.05) is 13.1 Å². The molecule has 166 valence electrons. The van der Waals surface area contributed by atoms with Crippen molar-refractivity contribution < 1.29 is 9.84 Å². The third kappa shape index (κ3) is 7.97. The number of guanidine groups is 1. The first-order chi connectivity index (χ1) is 14.5. The second-order valence-corrected chi connectivity index (χ2v) is 8.13. The van der Waals surface area contributed by atoms with E-state index in [2.05, 4.69) is 34.4 Å². The second kappa shape index (κ2) is 12.6. The van der Waals surface area contributed by atoms with E-state index in [0.29, 0.717) is 25.7 Å². The second-order valence-electron chi connectivity index (χ2n) is 7.35. The van der Waals surface area contributed by atoms with Crippen LogP contribution in [0.4, 0.5) is 0 Å². The summed E-state index contributed by atoms with van der Waals surface area (Å²) in [7, 11) is 0. The Morgan fingerprint density at radius 2 is 1.87 bits per heavy atom. The normalized spacial score (nSPS) is 13.9. The molecule has 1 heterocycles. The molecule has 1 atom stereocenters. The highest BCUT2D eigenvalue weighted by Gasteiger charge is 2.23. The van der Waals surface area contributed by atoms with Gasteiger partial charge in [0.25, 0.3) is 0 Å². The summed E-state index contributed by atoms with van der Waals surface area (Å²) in [6.45, 7) is 13.6. The van der Waals surface area contributed by atoms with E-state index in [4.69, 9.17) is 4.74 Å². The van der Waals surface area contributed by atoms with Crippen LogP contribution in [0.5, 0.6) is 5.75 Å². The van der Waals surface area contributed by atoms with Gasteiger partial charge in [-0.25, -0.2) is 4.99 Å². The fourth-order valence-electron chi connectivity index (χ4n) is 2.96. The highest BCUT2D eigenvalue weighted by atomic mass is 32.1. The summed E-state index contributed by atoms with van der Waals surface area (Å²) in [5.74, 6) is 1.57. The van der Waals surface area contributed by atoms with Crippen molar-refractivity contribution in [1.82, 2.24) is 15.5 Å². The fraction of sp³-hybridized carbons (Fsp3) is 0.522. The molecule has 0 radical (unpaired) electrons. The van der Waals surface area contributed by atoms with E-state index in [1.54, 1.807) is 11.3 Å². The molecule has 1 aromatic carbocycles. The summed E-state index contributed by atoms with van der Waals surface area (Å²) in [4.78, 5) is 6.99. The molecule has 30 heavy (non-hydrogen) atoms. The zero-order chi connectivity index (χ0) is 21.8. The predicted octanol–water partition coefficient (Wildman–Crippen LogP) is 3.43. The molecule has 0 fully saturated rings. The Morgan fingerprint density at radius 1 is 1.13 bits per heavy atom. The maximum atomic E-state index is 10.7. The third-order valence-electron chi connectivity index (χ3n) is 5.00. The first-order valence-corrected chi connectivity index (χ1v) is 11.6. The highest BCUT2D eigenvalue weighted by Crippen LogP contribution is 2.22. The number of ether oxygens (including phenoxy) is 1. The number of rotatable bonds is 12. The summed E-state index contributed by atoms with van der Waals surface area (Å²) >= 11 is 1.58. The first-order valence-electron chi connectivity index (χ1n) is 10.7. The number of likely N-dealkylation sites (N-methyl/N-ethyl adjacent to an activating group) is 1. The molecule has 2 aromatic rings. The smallest absolute Gasteiger partial charge is 0.191 e. The molecule has 0 saturated carbocycles. The van der Waals surface area contributed by atoms with E-state index < -0.39 is 5.60 Å². The largest absolute Gasteiger partial charge is 0.492 e. The Hall–Kier alpha value is -2.09. The number of hydrogen-bond acceptors (Lipinski definition) is 5. The van der Waals surface area contributed by atoms with Crippen LogP contribution in [0, 0.1) is 0 Å². The van der Waals surface area contributed by atoms with Gasteiger partial charge in [-0.3, -0.25) is 0 Å². The SMILES string of the molecule is CCNC(=NCc1ccc(OCCN(CC)CC)cc1)NCC(C)(O)c1ccsc1. The number of aliphatic imine (C=N–C) groups is 1. The van der Waals surface area contributed by atoms with E-state index >= 15 is 0 Å². The van der Waals surface area contributed by atoms with Gasteiger partial charge in [0.05, 0.1) is 13.1 Å². The maximum absolute atomic E-state index is 10.7. The minimum Gasteiger partial charge on any atom is -0.492 e. The molecule has 6 nitrogen and oxygen atoms in total. The zero-order valence-electron chi connectivity index (χ0n) is 18.6. The molecular formula is C23H36N4O2S. The lowest BCUT2D eigenvalue weighted by atomic mass is 9.99. The van der Waals surface area contributed by atoms with E-state index in [1.807, 2.05) is 54.9 Å². The third-order valence-corrected chi connectivity index (χ3v) is 5.68. The van der Waals surface area contributed by atoms with E-state index in [0.717, 1.165) is 43.1 Å². The number of nitrogens with zero attached hydrogens (tertiary/aromatic N) is 2. The Labute approximate surface area is 185 Å². The Kier molecular flexibility index (Phi) is 10.1. The van der Waals surface area contributed by atoms with Crippen LogP contribution in [0.1, 0.15) is 38.8 Å². The van der Waals surface area contributed by atoms with Gasteiger partial charge in [0.15, 0.2) is 5.96 Å². The molecule has 1 unspecified atom stereocenters. The summed E-state index contributed by atoms with van der Waals surface area (Å²) in [5, 5.41) is 21.1. The van der Waals surface area contributed by atoms with Crippen molar-refractivity contribution in [3.63, 3.8) is 0 Å². The van der Waals surface area contributed by atoms with Crippen LogP contribution in [0.2, 0.25) is 0 Å². The monoisotopic (exact) mass is 432 g/mol. The van der Waals surface area contributed by atoms with Crippen molar-refractivity contribution >= 4 is 17.3 Å². The van der Waals surface area contributed by atoms with Crippen molar-refractivity contribution in [2.75, 3.05) is 39.3 Å². The molecule has 0 saturated heterocycles. The lowest BCUT2D eigenvalue weighted by Crippen LogP contribution is -2.44. The minimum atomic E-state index is -0.944. The van der Waals surface area contributed by atoms with E-state index in [9.17, 15) is 5.11 Å². The van der Waals surface area contributed by atoms with Gasteiger partial charge in [0.2, 0.25) is 0 Å². The standard InChI is InChI=1S/C23H36N4O2S/c1-5-24-22(26-18-23(4,28)20-12-15-30-17-20)25-16-19-8-10-21(11-9-19)29-14-13-27(6-2)7-3/h8-12,15,17,28H,5-7,13-14,16,18H2,1-4H3,(H2,24,25,26). The Balaban J connectivity index is 1.86. The number of thiophene rings is 1. The lowest BCUT2D eigenvalue weighted by Gasteiger charge is -2.24. The molecule has 0 aliphatic rings. The molecule has 1 aromatic heterocycles. The van der Waals surface area contributed by atoms with Crippen LogP contribution in [0.3, 0.4) is 0 Å². The first kappa shape index (κ1) is 24.2. The number of hydrogen-bond donors (Lipinski definition) is 3. The number of benzene rings is 1. The summed E-state index contributed by atoms with van der Waals surface area (Å²) in [6.07, 6.45) is 0. The molecule has 3 N–H and O–H groups in total. The highest BCUT2D eigenvalue weighted by molar-refractivity contribution is 7.08. The molecule has 0 aliphatic heterocycles. The average Bonchev–Trinajstić information content (AvgIpc) is 3.30. The lowest BCUT2D eigenvalue weighted by molar-refractivity contribution is 0.0621. The number of aliphatic hydroxyl groups is 1. The van der Waals surface area contributed by atoms with Crippen molar-refractivity contribution in [2.24, 2.45) is 4.99 Å². The van der Waals surface area contributed by atoms with E-state index in [1.165, 1.54) is 0 Å². The topological polar surface area (TPSA) is 69.1 Å². The van der Waals surface area contributed by atoms with Crippen LogP contribution >= 0.6 is 11.3 Å². The predicted molar refractivity (Wildman–Crippen MR) is 126 cm³/mol. The van der Waals surface area contributed by atoms with Gasteiger partial charge in [0.1, 0.15) is 18.0 Å². The van der Waals surface area contributed by atoms with Gasteiger partial charge < -0.3 is 25.4 Å². The quantitative estimate of drug-likeness (QED) is 0.354. The van der Waals surface area contributed by atoms with Crippen molar-refractivity contribution in [2.45, 2.75) is 39.8 Å². The molecule has 0 aliphatic carbocycles. The molecule has 0 amide bonds. The number of nitrogens with one attached hydrogen (secondary N) is 2. The summed E-state index contributed by atoms with van der Waals surface area (Å²) in [6, 6.07) is 10.0. The maximum Gasteiger partial charge on any atom is 0.191 e. The zero-order valence-corrected chi connectivity index (χ0v) is 19.5. The Bertz CT molecular complexity index is 741. The Morgan fingerprint density at radius 3 is 2.47 bits per heavy atom. The van der Waals surface area contributed by atoms with Gasteiger partial charge >= 0.3 is 0 Å².